The summed E-state index contributed by atoms with van der Waals surface area (Å²) < 4.78 is 0. The predicted octanol–water partition coefficient (Wildman–Crippen LogP) is 2.86. The molecule has 2 N–H and O–H groups in total. The number of hydrogen-bond acceptors (Lipinski definition) is 1. The first-order valence-electron chi connectivity index (χ1n) is 6.19. The Balaban J connectivity index is 1.56. The van der Waals surface area contributed by atoms with Crippen molar-refractivity contribution in [3.8, 4) is 0 Å². The number of nitrogens with two attached hydrogens (primary N) is 1. The molecule has 0 bridgehead atoms. The van der Waals surface area contributed by atoms with Gasteiger partial charge in [0.15, 0.2) is 0 Å². The molecule has 2 fully saturated rings. The van der Waals surface area contributed by atoms with Crippen LogP contribution in [0.1, 0.15) is 44.9 Å². The quantitative estimate of drug-likeness (QED) is 0.667. The molecule has 0 aromatic rings. The molecule has 0 aliphatic heterocycles. The van der Waals surface area contributed by atoms with Gasteiger partial charge in [0.2, 0.25) is 0 Å². The normalized spacial score (nSPS) is 43.6. The summed E-state index contributed by atoms with van der Waals surface area (Å²) in [6.45, 7) is 0. The van der Waals surface area contributed by atoms with Gasteiger partial charge in [-0.25, -0.2) is 0 Å². The largest absolute Gasteiger partial charge is 0.325 e. The second kappa shape index (κ2) is 3.10. The molecule has 1 heteroatoms. The third-order valence-electron chi connectivity index (χ3n) is 4.56. The van der Waals surface area contributed by atoms with Crippen LogP contribution >= 0.6 is 0 Å². The molecule has 0 amide bonds. The minimum atomic E-state index is 0.145. The van der Waals surface area contributed by atoms with E-state index in [1.807, 2.05) is 0 Å². The Morgan fingerprint density at radius 2 is 1.86 bits per heavy atom. The van der Waals surface area contributed by atoms with Gasteiger partial charge in [0.05, 0.1) is 0 Å². The lowest BCUT2D eigenvalue weighted by Gasteiger charge is -2.31. The van der Waals surface area contributed by atoms with E-state index in [2.05, 4.69) is 12.2 Å². The maximum Gasteiger partial charge on any atom is 0.0226 e. The SMILES string of the molecule is NC1(CC2CCC3CC3C2)CC=CC1. The highest BCUT2D eigenvalue weighted by molar-refractivity contribution is 5.08. The molecule has 0 heterocycles. The third-order valence-corrected chi connectivity index (χ3v) is 4.56. The summed E-state index contributed by atoms with van der Waals surface area (Å²) >= 11 is 0. The summed E-state index contributed by atoms with van der Waals surface area (Å²) in [5.74, 6) is 3.18. The zero-order chi connectivity index (χ0) is 9.60. The van der Waals surface area contributed by atoms with Gasteiger partial charge in [-0.15, -0.1) is 0 Å². The summed E-state index contributed by atoms with van der Waals surface area (Å²) in [4.78, 5) is 0. The fraction of sp³-hybridized carbons (Fsp3) is 0.846. The molecule has 14 heavy (non-hydrogen) atoms. The van der Waals surface area contributed by atoms with E-state index in [-0.39, 0.29) is 5.54 Å². The molecular weight excluding hydrogens is 170 g/mol. The van der Waals surface area contributed by atoms with E-state index in [0.717, 1.165) is 30.6 Å². The molecule has 0 saturated heterocycles. The van der Waals surface area contributed by atoms with Gasteiger partial charge < -0.3 is 5.73 Å². The van der Waals surface area contributed by atoms with Crippen LogP contribution in [-0.4, -0.2) is 5.54 Å². The average Bonchev–Trinajstić information content (AvgIpc) is 2.80. The Labute approximate surface area is 86.8 Å². The van der Waals surface area contributed by atoms with Crippen molar-refractivity contribution in [2.45, 2.75) is 50.5 Å². The first-order valence-corrected chi connectivity index (χ1v) is 6.19. The maximum absolute atomic E-state index is 6.39. The second-order valence-electron chi connectivity index (χ2n) is 5.88. The van der Waals surface area contributed by atoms with Gasteiger partial charge in [-0.2, -0.15) is 0 Å². The van der Waals surface area contributed by atoms with Gasteiger partial charge in [-0.05, 0) is 56.3 Å². The van der Waals surface area contributed by atoms with Gasteiger partial charge >= 0.3 is 0 Å². The summed E-state index contributed by atoms with van der Waals surface area (Å²) in [7, 11) is 0. The zero-order valence-corrected chi connectivity index (χ0v) is 8.91. The van der Waals surface area contributed by atoms with Crippen molar-refractivity contribution in [1.82, 2.24) is 0 Å². The fourth-order valence-corrected chi connectivity index (χ4v) is 3.59. The molecule has 1 nitrogen and oxygen atoms in total. The number of fused-ring (bicyclic) bond motifs is 1. The first kappa shape index (κ1) is 8.96. The lowest BCUT2D eigenvalue weighted by molar-refractivity contribution is 0.257. The molecule has 78 valence electrons. The summed E-state index contributed by atoms with van der Waals surface area (Å²) in [6, 6.07) is 0. The van der Waals surface area contributed by atoms with E-state index in [1.54, 1.807) is 0 Å². The van der Waals surface area contributed by atoms with Gasteiger partial charge in [0.1, 0.15) is 0 Å². The first-order chi connectivity index (χ1) is 6.75. The molecule has 0 spiro atoms. The molecule has 0 radical (unpaired) electrons. The van der Waals surface area contributed by atoms with Gasteiger partial charge in [-0.3, -0.25) is 0 Å². The Kier molecular flexibility index (Phi) is 1.98. The van der Waals surface area contributed by atoms with E-state index in [1.165, 1.54) is 32.1 Å². The summed E-state index contributed by atoms with van der Waals surface area (Å²) in [5, 5.41) is 0. The minimum absolute atomic E-state index is 0.145. The molecule has 3 aliphatic carbocycles. The molecule has 3 atom stereocenters. The Morgan fingerprint density at radius 1 is 1.07 bits per heavy atom. The second-order valence-corrected chi connectivity index (χ2v) is 5.88. The van der Waals surface area contributed by atoms with Crippen LogP contribution in [0.2, 0.25) is 0 Å². The molecule has 3 aliphatic rings. The van der Waals surface area contributed by atoms with E-state index < -0.39 is 0 Å². The van der Waals surface area contributed by atoms with E-state index in [9.17, 15) is 0 Å². The molecule has 3 unspecified atom stereocenters. The molecule has 3 rings (SSSR count). The predicted molar refractivity (Wildman–Crippen MR) is 58.8 cm³/mol. The highest BCUT2D eigenvalue weighted by atomic mass is 14.7. The number of rotatable bonds is 2. The molecule has 0 aromatic carbocycles. The highest BCUT2D eigenvalue weighted by Gasteiger charge is 2.43. The van der Waals surface area contributed by atoms with Crippen LogP contribution in [-0.2, 0) is 0 Å². The van der Waals surface area contributed by atoms with Crippen molar-refractivity contribution < 1.29 is 0 Å². The van der Waals surface area contributed by atoms with Crippen LogP contribution in [0.4, 0.5) is 0 Å². The monoisotopic (exact) mass is 191 g/mol. The Hall–Kier alpha value is -0.300. The average molecular weight is 191 g/mol. The topological polar surface area (TPSA) is 26.0 Å². The van der Waals surface area contributed by atoms with Gasteiger partial charge in [-0.1, -0.05) is 18.6 Å². The van der Waals surface area contributed by atoms with Crippen LogP contribution in [0.3, 0.4) is 0 Å². The molecular formula is C13H21N. The Bertz CT molecular complexity index is 248. The van der Waals surface area contributed by atoms with Crippen molar-refractivity contribution in [2.75, 3.05) is 0 Å². The van der Waals surface area contributed by atoms with Crippen LogP contribution < -0.4 is 5.73 Å². The fourth-order valence-electron chi connectivity index (χ4n) is 3.59. The van der Waals surface area contributed by atoms with E-state index in [4.69, 9.17) is 5.73 Å². The zero-order valence-electron chi connectivity index (χ0n) is 8.91. The molecule has 2 saturated carbocycles. The van der Waals surface area contributed by atoms with Crippen LogP contribution in [0.15, 0.2) is 12.2 Å². The van der Waals surface area contributed by atoms with E-state index in [0.29, 0.717) is 0 Å². The Morgan fingerprint density at radius 3 is 2.57 bits per heavy atom. The lowest BCUT2D eigenvalue weighted by atomic mass is 9.79. The van der Waals surface area contributed by atoms with Crippen LogP contribution in [0, 0.1) is 17.8 Å². The van der Waals surface area contributed by atoms with Crippen molar-refractivity contribution in [1.29, 1.82) is 0 Å². The molecule has 0 aromatic heterocycles. The van der Waals surface area contributed by atoms with Crippen molar-refractivity contribution >= 4 is 0 Å². The van der Waals surface area contributed by atoms with Gasteiger partial charge in [0, 0.05) is 5.54 Å². The third kappa shape index (κ3) is 1.63. The smallest absolute Gasteiger partial charge is 0.0226 e. The summed E-state index contributed by atoms with van der Waals surface area (Å²) in [5.41, 5.74) is 6.53. The highest BCUT2D eigenvalue weighted by Crippen LogP contribution is 2.53. The van der Waals surface area contributed by atoms with Crippen molar-refractivity contribution in [2.24, 2.45) is 23.5 Å². The van der Waals surface area contributed by atoms with Crippen molar-refractivity contribution in [3.63, 3.8) is 0 Å². The maximum atomic E-state index is 6.39. The van der Waals surface area contributed by atoms with Gasteiger partial charge in [0.25, 0.3) is 0 Å². The summed E-state index contributed by atoms with van der Waals surface area (Å²) in [6.07, 6.45) is 14.0. The van der Waals surface area contributed by atoms with Crippen molar-refractivity contribution in [3.05, 3.63) is 12.2 Å². The van der Waals surface area contributed by atoms with E-state index >= 15 is 0 Å². The lowest BCUT2D eigenvalue weighted by Crippen LogP contribution is -2.39. The number of hydrogen-bond donors (Lipinski definition) is 1. The van der Waals surface area contributed by atoms with Crippen LogP contribution in [0.5, 0.6) is 0 Å². The standard InChI is InChI=1S/C13H21N/c14-13(5-1-2-6-13)9-10-3-4-11-8-12(11)7-10/h1-2,10-12H,3-9,14H2. The van der Waals surface area contributed by atoms with Crippen LogP contribution in [0.25, 0.3) is 0 Å². The minimum Gasteiger partial charge on any atom is -0.325 e.